The fourth-order valence-corrected chi connectivity index (χ4v) is 2.30. The summed E-state index contributed by atoms with van der Waals surface area (Å²) in [5, 5.41) is 6.20. The van der Waals surface area contributed by atoms with E-state index in [1.54, 1.807) is 30.6 Å². The molecule has 1 aromatic carbocycles. The van der Waals surface area contributed by atoms with E-state index in [1.165, 1.54) is 15.6 Å². The Morgan fingerprint density at radius 2 is 2.41 bits per heavy atom. The molecule has 1 aromatic heterocycles. The van der Waals surface area contributed by atoms with E-state index in [1.807, 2.05) is 0 Å². The second kappa shape index (κ2) is 6.05. The summed E-state index contributed by atoms with van der Waals surface area (Å²) in [4.78, 5) is 17.0. The molecule has 0 spiro atoms. The number of anilines is 1. The standard InChI is InChI=1S/C14H11FN4O2S/c15-12-6-10(2-3-13(12)19-5-1-4-17-19)18-8-11(7-16-9-22)21-14(18)20/h1-6,11H,7-8H2/t11-/m0/s1. The zero-order valence-electron chi connectivity index (χ0n) is 11.3. The number of aromatic nitrogens is 2. The predicted molar refractivity (Wildman–Crippen MR) is 81.0 cm³/mol. The Bertz CT molecular complexity index is 743. The molecule has 112 valence electrons. The summed E-state index contributed by atoms with van der Waals surface area (Å²) in [5.41, 5.74) is 0.732. The molecule has 0 aliphatic carbocycles. The highest BCUT2D eigenvalue weighted by Gasteiger charge is 2.32. The minimum atomic E-state index is -0.532. The van der Waals surface area contributed by atoms with Gasteiger partial charge in [0.15, 0.2) is 5.82 Å². The van der Waals surface area contributed by atoms with Crippen LogP contribution in [0.1, 0.15) is 0 Å². The number of nitrogens with zero attached hydrogens (tertiary/aromatic N) is 4. The smallest absolute Gasteiger partial charge is 0.414 e. The van der Waals surface area contributed by atoms with Crippen molar-refractivity contribution in [3.63, 3.8) is 0 Å². The van der Waals surface area contributed by atoms with E-state index in [0.29, 0.717) is 17.9 Å². The van der Waals surface area contributed by atoms with Gasteiger partial charge in [0.25, 0.3) is 0 Å². The van der Waals surface area contributed by atoms with E-state index in [-0.39, 0.29) is 6.54 Å². The maximum absolute atomic E-state index is 14.2. The van der Waals surface area contributed by atoms with Gasteiger partial charge < -0.3 is 4.74 Å². The van der Waals surface area contributed by atoms with Crippen LogP contribution in [0.3, 0.4) is 0 Å². The molecule has 0 unspecified atom stereocenters. The average molecular weight is 318 g/mol. The summed E-state index contributed by atoms with van der Waals surface area (Å²) in [6, 6.07) is 6.19. The summed E-state index contributed by atoms with van der Waals surface area (Å²) in [5.74, 6) is -0.477. The number of hydrogen-bond donors (Lipinski definition) is 0. The van der Waals surface area contributed by atoms with Crippen molar-refractivity contribution in [1.82, 2.24) is 9.78 Å². The lowest BCUT2D eigenvalue weighted by Gasteiger charge is -2.14. The highest BCUT2D eigenvalue weighted by molar-refractivity contribution is 7.78. The number of halogens is 1. The molecule has 1 aliphatic rings. The van der Waals surface area contributed by atoms with Crippen LogP contribution in [-0.4, -0.2) is 40.2 Å². The van der Waals surface area contributed by atoms with Crippen LogP contribution in [0.15, 0.2) is 41.7 Å². The lowest BCUT2D eigenvalue weighted by molar-refractivity contribution is 0.145. The topological polar surface area (TPSA) is 59.7 Å². The van der Waals surface area contributed by atoms with Gasteiger partial charge in [0, 0.05) is 12.4 Å². The molecule has 2 heterocycles. The monoisotopic (exact) mass is 318 g/mol. The van der Waals surface area contributed by atoms with Gasteiger partial charge in [0.2, 0.25) is 0 Å². The molecule has 8 heteroatoms. The third kappa shape index (κ3) is 2.74. The number of benzene rings is 1. The van der Waals surface area contributed by atoms with Crippen LogP contribution in [0.4, 0.5) is 14.9 Å². The van der Waals surface area contributed by atoms with Crippen molar-refractivity contribution in [2.45, 2.75) is 6.10 Å². The van der Waals surface area contributed by atoms with Gasteiger partial charge in [0.05, 0.1) is 23.9 Å². The molecule has 0 bridgehead atoms. The van der Waals surface area contributed by atoms with Crippen molar-refractivity contribution in [2.75, 3.05) is 18.0 Å². The van der Waals surface area contributed by atoms with Crippen molar-refractivity contribution < 1.29 is 13.9 Å². The van der Waals surface area contributed by atoms with Gasteiger partial charge in [-0.3, -0.25) is 4.90 Å². The van der Waals surface area contributed by atoms with Crippen molar-refractivity contribution in [3.8, 4) is 5.69 Å². The average Bonchev–Trinajstić information content (AvgIpc) is 3.14. The van der Waals surface area contributed by atoms with Crippen LogP contribution in [-0.2, 0) is 4.74 Å². The normalized spacial score (nSPS) is 17.2. The highest BCUT2D eigenvalue weighted by atomic mass is 32.1. The minimum absolute atomic E-state index is 0.250. The number of rotatable bonds is 4. The molecule has 22 heavy (non-hydrogen) atoms. The van der Waals surface area contributed by atoms with Crippen LogP contribution in [0.2, 0.25) is 0 Å². The van der Waals surface area contributed by atoms with Gasteiger partial charge in [-0.1, -0.05) is 0 Å². The Hall–Kier alpha value is -2.57. The van der Waals surface area contributed by atoms with Crippen LogP contribution < -0.4 is 4.90 Å². The number of carbonyl (C=O) groups excluding carboxylic acids is 1. The van der Waals surface area contributed by atoms with Crippen LogP contribution in [0.25, 0.3) is 5.69 Å². The number of aliphatic imine (C=N–C) groups is 1. The molecule has 3 rings (SSSR count). The van der Waals surface area contributed by atoms with E-state index in [4.69, 9.17) is 4.74 Å². The molecule has 1 atom stereocenters. The van der Waals surface area contributed by atoms with Crippen LogP contribution in [0.5, 0.6) is 0 Å². The number of hydrogen-bond acceptors (Lipinski definition) is 5. The van der Waals surface area contributed by atoms with Gasteiger partial charge in [-0.25, -0.2) is 18.9 Å². The predicted octanol–water partition coefficient (Wildman–Crippen LogP) is 2.44. The minimum Gasteiger partial charge on any atom is -0.442 e. The number of cyclic esters (lactones) is 1. The largest absolute Gasteiger partial charge is 0.442 e. The van der Waals surface area contributed by atoms with E-state index in [0.717, 1.165) is 0 Å². The van der Waals surface area contributed by atoms with E-state index >= 15 is 0 Å². The first-order valence-corrected chi connectivity index (χ1v) is 6.91. The molecule has 2 aromatic rings. The summed E-state index contributed by atoms with van der Waals surface area (Å²) in [7, 11) is 0. The third-order valence-corrected chi connectivity index (χ3v) is 3.36. The van der Waals surface area contributed by atoms with Gasteiger partial charge in [-0.2, -0.15) is 5.10 Å². The second-order valence-corrected chi connectivity index (χ2v) is 4.82. The van der Waals surface area contributed by atoms with Crippen molar-refractivity contribution in [3.05, 3.63) is 42.5 Å². The Morgan fingerprint density at radius 3 is 3.09 bits per heavy atom. The molecular weight excluding hydrogens is 307 g/mol. The van der Waals surface area contributed by atoms with Crippen LogP contribution >= 0.6 is 12.2 Å². The summed E-state index contributed by atoms with van der Waals surface area (Å²) in [6.07, 6.45) is 2.27. The van der Waals surface area contributed by atoms with E-state index in [9.17, 15) is 9.18 Å². The Balaban J connectivity index is 1.82. The Morgan fingerprint density at radius 1 is 1.55 bits per heavy atom. The number of ether oxygens (including phenoxy) is 1. The summed E-state index contributed by atoms with van der Waals surface area (Å²) in [6.45, 7) is 0.541. The molecule has 1 amide bonds. The first kappa shape index (κ1) is 14.4. The molecular formula is C14H11FN4O2S. The molecule has 1 aliphatic heterocycles. The quantitative estimate of drug-likeness (QED) is 0.642. The first-order chi connectivity index (χ1) is 10.7. The molecule has 0 saturated carbocycles. The van der Waals surface area contributed by atoms with Gasteiger partial charge in [0.1, 0.15) is 11.8 Å². The molecule has 0 radical (unpaired) electrons. The van der Waals surface area contributed by atoms with E-state index in [2.05, 4.69) is 27.5 Å². The summed E-state index contributed by atoms with van der Waals surface area (Å²) < 4.78 is 20.8. The Labute approximate surface area is 130 Å². The highest BCUT2D eigenvalue weighted by Crippen LogP contribution is 2.25. The van der Waals surface area contributed by atoms with Crippen molar-refractivity contribution in [2.24, 2.45) is 4.99 Å². The lowest BCUT2D eigenvalue weighted by Crippen LogP contribution is -2.25. The summed E-state index contributed by atoms with van der Waals surface area (Å²) >= 11 is 4.48. The molecule has 0 N–H and O–H groups in total. The maximum Gasteiger partial charge on any atom is 0.414 e. The third-order valence-electron chi connectivity index (χ3n) is 3.23. The number of amides is 1. The van der Waals surface area contributed by atoms with Gasteiger partial charge >= 0.3 is 6.09 Å². The first-order valence-electron chi connectivity index (χ1n) is 6.50. The van der Waals surface area contributed by atoms with Gasteiger partial charge in [-0.05, 0) is 36.5 Å². The second-order valence-electron chi connectivity index (χ2n) is 4.63. The van der Waals surface area contributed by atoms with Crippen molar-refractivity contribution in [1.29, 1.82) is 0 Å². The van der Waals surface area contributed by atoms with Crippen molar-refractivity contribution >= 4 is 29.2 Å². The fraction of sp³-hybridized carbons (Fsp3) is 0.214. The number of thiocarbonyl (C=S) groups is 1. The number of isothiocyanates is 1. The SMILES string of the molecule is O=C1O[C@@H](CN=C=S)CN1c1ccc(-n2cccn2)c(F)c1. The zero-order chi connectivity index (χ0) is 15.5. The Kier molecular flexibility index (Phi) is 3.95. The zero-order valence-corrected chi connectivity index (χ0v) is 12.2. The maximum atomic E-state index is 14.2. The van der Waals surface area contributed by atoms with Gasteiger partial charge in [-0.15, -0.1) is 0 Å². The molecule has 6 nitrogen and oxygen atoms in total. The molecule has 1 fully saturated rings. The lowest BCUT2D eigenvalue weighted by atomic mass is 10.2. The van der Waals surface area contributed by atoms with E-state index < -0.39 is 18.0 Å². The fourth-order valence-electron chi connectivity index (χ4n) is 2.23. The number of carbonyl (C=O) groups is 1. The van der Waals surface area contributed by atoms with Crippen LogP contribution in [0, 0.1) is 5.82 Å². The molecule has 1 saturated heterocycles.